The molecule has 0 spiro atoms. The Hall–Kier alpha value is -2.37. The molecule has 2 N–H and O–H groups in total. The number of nitrogens with one attached hydrogen (secondary N) is 2. The molecule has 1 aliphatic rings. The molecule has 1 atom stereocenters. The van der Waals surface area contributed by atoms with Crippen molar-refractivity contribution in [2.75, 3.05) is 19.6 Å². The lowest BCUT2D eigenvalue weighted by Crippen LogP contribution is -2.34. The van der Waals surface area contributed by atoms with Crippen LogP contribution in [0.1, 0.15) is 19.3 Å². The molecule has 0 bridgehead atoms. The molecule has 0 radical (unpaired) electrons. The van der Waals surface area contributed by atoms with E-state index in [4.69, 9.17) is 0 Å². The summed E-state index contributed by atoms with van der Waals surface area (Å²) in [6.45, 7) is 3.06. The molecule has 1 unspecified atom stereocenters. The van der Waals surface area contributed by atoms with Crippen LogP contribution in [0.25, 0.3) is 21.8 Å². The van der Waals surface area contributed by atoms with E-state index in [2.05, 4.69) is 10.6 Å². The minimum atomic E-state index is -0.0160. The van der Waals surface area contributed by atoms with Crippen molar-refractivity contribution in [2.45, 2.75) is 25.8 Å². The van der Waals surface area contributed by atoms with Gasteiger partial charge in [0.25, 0.3) is 0 Å². The van der Waals surface area contributed by atoms with Gasteiger partial charge in [-0.15, -0.1) is 12.4 Å². The van der Waals surface area contributed by atoms with Crippen LogP contribution in [-0.4, -0.2) is 30.1 Å². The van der Waals surface area contributed by atoms with E-state index >= 15 is 0 Å². The Balaban J connectivity index is 0.00000225. The van der Waals surface area contributed by atoms with Gasteiger partial charge in [0.05, 0.1) is 11.0 Å². The normalized spacial score (nSPS) is 16.6. The average molecular weight is 400 g/mol. The molecule has 6 heteroatoms. The minimum absolute atomic E-state index is 0. The first-order valence-corrected chi connectivity index (χ1v) is 9.72. The third-order valence-electron chi connectivity index (χ3n) is 5.45. The molecule has 1 fully saturated rings. The SMILES string of the molecule is Cl.O=C(Cn1c2ccccc2c(=O)c2ccccc21)NCCC1CCCNC1. The maximum atomic E-state index is 12.8. The first-order chi connectivity index (χ1) is 13.2. The fraction of sp³-hybridized carbons (Fsp3) is 0.364. The zero-order valence-corrected chi connectivity index (χ0v) is 16.6. The van der Waals surface area contributed by atoms with Gasteiger partial charge in [-0.1, -0.05) is 24.3 Å². The summed E-state index contributed by atoms with van der Waals surface area (Å²) in [6, 6.07) is 15.0. The first kappa shape index (κ1) is 20.4. The summed E-state index contributed by atoms with van der Waals surface area (Å²) in [5, 5.41) is 7.77. The largest absolute Gasteiger partial charge is 0.355 e. The van der Waals surface area contributed by atoms with Crippen molar-refractivity contribution in [3.63, 3.8) is 0 Å². The molecule has 1 aromatic heterocycles. The Morgan fingerprint density at radius 2 is 1.71 bits per heavy atom. The van der Waals surface area contributed by atoms with E-state index in [9.17, 15) is 9.59 Å². The number of carbonyl (C=O) groups excluding carboxylic acids is 1. The maximum Gasteiger partial charge on any atom is 0.239 e. The number of pyridine rings is 1. The van der Waals surface area contributed by atoms with E-state index in [0.29, 0.717) is 23.2 Å². The molecule has 4 rings (SSSR count). The van der Waals surface area contributed by atoms with Crippen LogP contribution in [0.15, 0.2) is 53.3 Å². The van der Waals surface area contributed by atoms with Gasteiger partial charge in [-0.05, 0) is 62.5 Å². The van der Waals surface area contributed by atoms with Gasteiger partial charge >= 0.3 is 0 Å². The summed E-state index contributed by atoms with van der Waals surface area (Å²) in [5.41, 5.74) is 1.61. The van der Waals surface area contributed by atoms with Gasteiger partial charge in [-0.2, -0.15) is 0 Å². The summed E-state index contributed by atoms with van der Waals surface area (Å²) in [7, 11) is 0. The molecule has 0 aliphatic carbocycles. The number of fused-ring (bicyclic) bond motifs is 2. The summed E-state index contributed by atoms with van der Waals surface area (Å²) >= 11 is 0. The molecule has 5 nitrogen and oxygen atoms in total. The first-order valence-electron chi connectivity index (χ1n) is 9.72. The number of halogens is 1. The zero-order chi connectivity index (χ0) is 18.6. The van der Waals surface area contributed by atoms with E-state index in [-0.39, 0.29) is 30.3 Å². The molecule has 2 aromatic carbocycles. The van der Waals surface area contributed by atoms with Gasteiger partial charge in [-0.25, -0.2) is 0 Å². The second-order valence-corrected chi connectivity index (χ2v) is 7.30. The van der Waals surface area contributed by atoms with Crippen LogP contribution in [0.2, 0.25) is 0 Å². The Morgan fingerprint density at radius 1 is 1.07 bits per heavy atom. The van der Waals surface area contributed by atoms with Crippen LogP contribution >= 0.6 is 12.4 Å². The highest BCUT2D eigenvalue weighted by molar-refractivity contribution is 5.94. The molecule has 1 saturated heterocycles. The number of hydrogen-bond acceptors (Lipinski definition) is 3. The smallest absolute Gasteiger partial charge is 0.239 e. The summed E-state index contributed by atoms with van der Waals surface area (Å²) < 4.78 is 1.95. The average Bonchev–Trinajstić information content (AvgIpc) is 2.72. The fourth-order valence-electron chi connectivity index (χ4n) is 4.03. The highest BCUT2D eigenvalue weighted by atomic mass is 35.5. The molecule has 3 aromatic rings. The lowest BCUT2D eigenvalue weighted by atomic mass is 9.96. The highest BCUT2D eigenvalue weighted by Crippen LogP contribution is 2.19. The number of nitrogens with zero attached hydrogens (tertiary/aromatic N) is 1. The Morgan fingerprint density at radius 3 is 2.32 bits per heavy atom. The fourth-order valence-corrected chi connectivity index (χ4v) is 4.03. The number of aromatic nitrogens is 1. The van der Waals surface area contributed by atoms with E-state index in [1.54, 1.807) is 0 Å². The van der Waals surface area contributed by atoms with E-state index in [1.165, 1.54) is 12.8 Å². The Labute approximate surface area is 170 Å². The predicted octanol–water partition coefficient (Wildman–Crippen LogP) is 3.08. The van der Waals surface area contributed by atoms with Gasteiger partial charge in [0.1, 0.15) is 6.54 Å². The topological polar surface area (TPSA) is 63.1 Å². The third-order valence-corrected chi connectivity index (χ3v) is 5.45. The van der Waals surface area contributed by atoms with Gasteiger partial charge in [0.15, 0.2) is 5.43 Å². The Kier molecular flexibility index (Phi) is 6.70. The Bertz CT molecular complexity index is 965. The number of para-hydroxylation sites is 2. The summed E-state index contributed by atoms with van der Waals surface area (Å²) in [5.74, 6) is 0.630. The third kappa shape index (κ3) is 4.21. The van der Waals surface area contributed by atoms with Crippen molar-refractivity contribution in [3.05, 3.63) is 58.8 Å². The number of carbonyl (C=O) groups is 1. The molecule has 1 aliphatic heterocycles. The molecule has 2 heterocycles. The van der Waals surface area contributed by atoms with E-state index in [1.807, 2.05) is 53.1 Å². The van der Waals surface area contributed by atoms with E-state index in [0.717, 1.165) is 30.5 Å². The monoisotopic (exact) mass is 399 g/mol. The maximum absolute atomic E-state index is 12.8. The van der Waals surface area contributed by atoms with Crippen molar-refractivity contribution in [1.29, 1.82) is 0 Å². The zero-order valence-electron chi connectivity index (χ0n) is 15.8. The van der Waals surface area contributed by atoms with Crippen LogP contribution in [0, 0.1) is 5.92 Å². The van der Waals surface area contributed by atoms with Crippen LogP contribution in [-0.2, 0) is 11.3 Å². The molecule has 28 heavy (non-hydrogen) atoms. The quantitative estimate of drug-likeness (QED) is 0.648. The van der Waals surface area contributed by atoms with Crippen LogP contribution in [0.4, 0.5) is 0 Å². The van der Waals surface area contributed by atoms with Crippen LogP contribution in [0.5, 0.6) is 0 Å². The van der Waals surface area contributed by atoms with Crippen molar-refractivity contribution < 1.29 is 4.79 Å². The van der Waals surface area contributed by atoms with Crippen LogP contribution < -0.4 is 16.1 Å². The van der Waals surface area contributed by atoms with Gasteiger partial charge in [0, 0.05) is 17.3 Å². The molecule has 148 valence electrons. The van der Waals surface area contributed by atoms with Crippen molar-refractivity contribution >= 4 is 40.1 Å². The number of hydrogen-bond donors (Lipinski definition) is 2. The van der Waals surface area contributed by atoms with Crippen molar-refractivity contribution in [1.82, 2.24) is 15.2 Å². The standard InChI is InChI=1S/C22H25N3O2.ClH/c26-21(24-13-11-16-6-5-12-23-14-16)15-25-19-9-3-1-7-17(19)22(27)18-8-2-4-10-20(18)25;/h1-4,7-10,16,23H,5-6,11-15H2,(H,24,26);1H. The highest BCUT2D eigenvalue weighted by Gasteiger charge is 2.15. The number of benzene rings is 2. The minimum Gasteiger partial charge on any atom is -0.355 e. The summed E-state index contributed by atoms with van der Waals surface area (Å²) in [6.07, 6.45) is 3.45. The van der Waals surface area contributed by atoms with E-state index < -0.39 is 0 Å². The lowest BCUT2D eigenvalue weighted by Gasteiger charge is -2.22. The van der Waals surface area contributed by atoms with Crippen LogP contribution in [0.3, 0.4) is 0 Å². The molecular weight excluding hydrogens is 374 g/mol. The second-order valence-electron chi connectivity index (χ2n) is 7.30. The predicted molar refractivity (Wildman–Crippen MR) is 116 cm³/mol. The van der Waals surface area contributed by atoms with Gasteiger partial charge in [0.2, 0.25) is 5.91 Å². The lowest BCUT2D eigenvalue weighted by molar-refractivity contribution is -0.121. The summed E-state index contributed by atoms with van der Waals surface area (Å²) in [4.78, 5) is 25.4. The number of rotatable bonds is 5. The van der Waals surface area contributed by atoms with Gasteiger partial charge in [-0.3, -0.25) is 9.59 Å². The van der Waals surface area contributed by atoms with Gasteiger partial charge < -0.3 is 15.2 Å². The molecule has 1 amide bonds. The molecular formula is C22H26ClN3O2. The molecule has 0 saturated carbocycles. The van der Waals surface area contributed by atoms with Crippen molar-refractivity contribution in [2.24, 2.45) is 5.92 Å². The second kappa shape index (κ2) is 9.22. The number of piperidine rings is 1. The number of amides is 1. The van der Waals surface area contributed by atoms with Crippen molar-refractivity contribution in [3.8, 4) is 0 Å².